The Morgan fingerprint density at radius 3 is 1.60 bits per heavy atom. The molecule has 0 fully saturated rings. The number of nitrogens with one attached hydrogen (secondary N) is 2. The van der Waals surface area contributed by atoms with Gasteiger partial charge in [-0.25, -0.2) is 10.9 Å². The maximum absolute atomic E-state index is 13.4. The van der Waals surface area contributed by atoms with E-state index in [0.717, 1.165) is 39.3 Å². The first-order valence-electron chi connectivity index (χ1n) is 13.3. The maximum Gasteiger partial charge on any atom is 0.272 e. The Kier molecular flexibility index (Phi) is 8.35. The van der Waals surface area contributed by atoms with Crippen LogP contribution in [-0.4, -0.2) is 17.7 Å². The van der Waals surface area contributed by atoms with E-state index in [1.165, 1.54) is 0 Å². The van der Waals surface area contributed by atoms with Crippen molar-refractivity contribution in [3.05, 3.63) is 111 Å². The number of anilines is 3. The molecule has 1 atom stereocenters. The van der Waals surface area contributed by atoms with Crippen LogP contribution in [-0.2, 0) is 4.79 Å². The fourth-order valence-electron chi connectivity index (χ4n) is 5.15. The molecule has 7 nitrogen and oxygen atoms in total. The molecule has 1 aliphatic carbocycles. The number of carbonyl (C=O) groups excluding carboxylic acids is 3. The van der Waals surface area contributed by atoms with Crippen molar-refractivity contribution in [1.82, 2.24) is 0 Å². The highest BCUT2D eigenvalue weighted by Crippen LogP contribution is 2.29. The molecule has 4 rings (SSSR count). The summed E-state index contributed by atoms with van der Waals surface area (Å²) in [6.45, 7) is 11.8. The standard InChI is InChI=1S/C33H36N4O3/c1-19-7-20(2)11-25(10-19)31(38)35-28-16-29(36-32(39)26-12-21(3)8-22(4)13-26)18-30(17-28)37(34)33(40)27-14-23(5)9-24(6)15-27/h7-8,10-18,23H,9,34H2,1-6H3,(H,35,38)(H,36,39). The molecule has 3 amide bonds. The number of nitrogens with two attached hydrogens (primary N) is 1. The van der Waals surface area contributed by atoms with Crippen molar-refractivity contribution in [3.8, 4) is 0 Å². The van der Waals surface area contributed by atoms with Crippen molar-refractivity contribution < 1.29 is 14.4 Å². The molecule has 40 heavy (non-hydrogen) atoms. The number of benzene rings is 3. The van der Waals surface area contributed by atoms with E-state index in [-0.39, 0.29) is 23.6 Å². The molecular weight excluding hydrogens is 500 g/mol. The second-order valence-electron chi connectivity index (χ2n) is 10.9. The summed E-state index contributed by atoms with van der Waals surface area (Å²) in [5.74, 6) is 5.56. The van der Waals surface area contributed by atoms with Crippen LogP contribution in [0.15, 0.2) is 77.9 Å². The average molecular weight is 537 g/mol. The van der Waals surface area contributed by atoms with Gasteiger partial charge in [0.2, 0.25) is 0 Å². The third kappa shape index (κ3) is 6.93. The predicted octanol–water partition coefficient (Wildman–Crippen LogP) is 6.54. The zero-order chi connectivity index (χ0) is 29.1. The second kappa shape index (κ2) is 11.7. The van der Waals surface area contributed by atoms with Crippen LogP contribution in [0.4, 0.5) is 17.1 Å². The monoisotopic (exact) mass is 536 g/mol. The molecular formula is C33H36N4O3. The van der Waals surface area contributed by atoms with Gasteiger partial charge < -0.3 is 10.6 Å². The molecule has 0 heterocycles. The number of hydrogen-bond donors (Lipinski definition) is 3. The highest BCUT2D eigenvalue weighted by molar-refractivity contribution is 6.10. The number of rotatable bonds is 6. The highest BCUT2D eigenvalue weighted by Gasteiger charge is 2.21. The van der Waals surface area contributed by atoms with Crippen molar-refractivity contribution in [2.75, 3.05) is 15.6 Å². The van der Waals surface area contributed by atoms with E-state index in [1.54, 1.807) is 42.5 Å². The summed E-state index contributed by atoms with van der Waals surface area (Å²) < 4.78 is 0. The molecule has 1 aliphatic rings. The Morgan fingerprint density at radius 2 is 1.18 bits per heavy atom. The molecule has 0 saturated carbocycles. The van der Waals surface area contributed by atoms with Gasteiger partial charge in [-0.3, -0.25) is 14.4 Å². The summed E-state index contributed by atoms with van der Waals surface area (Å²) in [5.41, 5.74) is 7.59. The van der Waals surface area contributed by atoms with Gasteiger partial charge in [0.05, 0.1) is 5.69 Å². The number of hydrazine groups is 1. The Labute approximate surface area is 235 Å². The van der Waals surface area contributed by atoms with Gasteiger partial charge in [0.1, 0.15) is 0 Å². The van der Waals surface area contributed by atoms with Crippen LogP contribution in [0.2, 0.25) is 0 Å². The van der Waals surface area contributed by atoms with Gasteiger partial charge in [-0.1, -0.05) is 59.0 Å². The lowest BCUT2D eigenvalue weighted by Gasteiger charge is -2.22. The number of hydrogen-bond acceptors (Lipinski definition) is 4. The normalized spacial score (nSPS) is 14.6. The highest BCUT2D eigenvalue weighted by atomic mass is 16.2. The Morgan fingerprint density at radius 1 is 0.725 bits per heavy atom. The molecule has 3 aromatic rings. The molecule has 0 spiro atoms. The third-order valence-corrected chi connectivity index (χ3v) is 6.66. The molecule has 3 aromatic carbocycles. The van der Waals surface area contributed by atoms with Crippen molar-refractivity contribution >= 4 is 34.8 Å². The van der Waals surface area contributed by atoms with Crippen molar-refractivity contribution in [1.29, 1.82) is 0 Å². The van der Waals surface area contributed by atoms with E-state index < -0.39 is 0 Å². The lowest BCUT2D eigenvalue weighted by Crippen LogP contribution is -2.38. The molecule has 0 bridgehead atoms. The smallest absolute Gasteiger partial charge is 0.272 e. The molecule has 7 heteroatoms. The number of carbonyl (C=O) groups is 3. The fraction of sp³-hybridized carbons (Fsp3) is 0.242. The Hall–Kier alpha value is -4.49. The summed E-state index contributed by atoms with van der Waals surface area (Å²) >= 11 is 0. The van der Waals surface area contributed by atoms with Gasteiger partial charge in [0.25, 0.3) is 17.7 Å². The summed E-state index contributed by atoms with van der Waals surface area (Å²) in [5, 5.41) is 6.85. The van der Waals surface area contributed by atoms with Gasteiger partial charge in [-0.2, -0.15) is 0 Å². The molecule has 0 aliphatic heterocycles. The van der Waals surface area contributed by atoms with Crippen molar-refractivity contribution in [3.63, 3.8) is 0 Å². The predicted molar refractivity (Wildman–Crippen MR) is 161 cm³/mol. The first-order chi connectivity index (χ1) is 18.9. The van der Waals surface area contributed by atoms with E-state index in [2.05, 4.69) is 17.6 Å². The number of nitrogens with zero attached hydrogens (tertiary/aromatic N) is 1. The van der Waals surface area contributed by atoms with Crippen molar-refractivity contribution in [2.45, 2.75) is 48.0 Å². The lowest BCUT2D eigenvalue weighted by atomic mass is 9.92. The van der Waals surface area contributed by atoms with E-state index >= 15 is 0 Å². The first kappa shape index (κ1) is 28.5. The minimum Gasteiger partial charge on any atom is -0.322 e. The number of allylic oxidation sites excluding steroid dienone is 2. The largest absolute Gasteiger partial charge is 0.322 e. The van der Waals surface area contributed by atoms with Gasteiger partial charge in [0.15, 0.2) is 0 Å². The summed E-state index contributed by atoms with van der Waals surface area (Å²) in [7, 11) is 0. The van der Waals surface area contributed by atoms with Gasteiger partial charge in [-0.15, -0.1) is 0 Å². The van der Waals surface area contributed by atoms with Crippen LogP contribution >= 0.6 is 0 Å². The molecule has 0 radical (unpaired) electrons. The third-order valence-electron chi connectivity index (χ3n) is 6.66. The zero-order valence-corrected chi connectivity index (χ0v) is 23.9. The van der Waals surface area contributed by atoms with Crippen LogP contribution in [0.3, 0.4) is 0 Å². The lowest BCUT2D eigenvalue weighted by molar-refractivity contribution is -0.115. The maximum atomic E-state index is 13.4. The van der Waals surface area contributed by atoms with E-state index in [0.29, 0.717) is 33.8 Å². The van der Waals surface area contributed by atoms with Crippen LogP contribution in [0.25, 0.3) is 0 Å². The van der Waals surface area contributed by atoms with Crippen LogP contribution in [0.1, 0.15) is 63.2 Å². The minimum absolute atomic E-state index is 0.216. The first-order valence-corrected chi connectivity index (χ1v) is 13.3. The Bertz CT molecular complexity index is 1440. The fourth-order valence-corrected chi connectivity index (χ4v) is 5.15. The van der Waals surface area contributed by atoms with Crippen LogP contribution in [0.5, 0.6) is 0 Å². The molecule has 1 unspecified atom stereocenters. The summed E-state index contributed by atoms with van der Waals surface area (Å²) in [4.78, 5) is 39.7. The van der Waals surface area contributed by atoms with Gasteiger partial charge in [-0.05, 0) is 89.4 Å². The quantitative estimate of drug-likeness (QED) is 0.189. The second-order valence-corrected chi connectivity index (χ2v) is 10.9. The Balaban J connectivity index is 1.69. The van der Waals surface area contributed by atoms with Crippen LogP contribution in [0, 0.1) is 33.6 Å². The SMILES string of the molecule is CC1=CC(C(=O)N(N)c2cc(NC(=O)c3cc(C)cc(C)c3)cc(NC(=O)c3cc(C)cc(C)c3)c2)=CC(C)C1. The molecule has 206 valence electrons. The zero-order valence-electron chi connectivity index (χ0n) is 23.9. The van der Waals surface area contributed by atoms with Gasteiger partial charge in [0, 0.05) is 28.1 Å². The molecule has 4 N–H and O–H groups in total. The van der Waals surface area contributed by atoms with E-state index in [1.807, 2.05) is 58.9 Å². The van der Waals surface area contributed by atoms with Crippen molar-refractivity contribution in [2.24, 2.45) is 11.8 Å². The summed E-state index contributed by atoms with van der Waals surface area (Å²) in [6.07, 6.45) is 4.64. The van der Waals surface area contributed by atoms with Gasteiger partial charge >= 0.3 is 0 Å². The van der Waals surface area contributed by atoms with Crippen LogP contribution < -0.4 is 21.5 Å². The molecule has 0 aromatic heterocycles. The average Bonchev–Trinajstić information content (AvgIpc) is 2.86. The van der Waals surface area contributed by atoms with E-state index in [9.17, 15) is 14.4 Å². The summed E-state index contributed by atoms with van der Waals surface area (Å²) in [6, 6.07) is 16.1. The topological polar surface area (TPSA) is 105 Å². The molecule has 0 saturated heterocycles. The number of amides is 3. The van der Waals surface area contributed by atoms with E-state index in [4.69, 9.17) is 5.84 Å². The number of aryl methyl sites for hydroxylation is 4. The minimum atomic E-state index is -0.379.